The summed E-state index contributed by atoms with van der Waals surface area (Å²) in [5, 5.41) is 15.0. The summed E-state index contributed by atoms with van der Waals surface area (Å²) >= 11 is 0. The van der Waals surface area contributed by atoms with Gasteiger partial charge in [0.2, 0.25) is 0 Å². The number of ether oxygens (including phenoxy) is 1. The third kappa shape index (κ3) is 4.96. The first-order valence-corrected chi connectivity index (χ1v) is 2.44. The Labute approximate surface area is 53.0 Å². The van der Waals surface area contributed by atoms with Gasteiger partial charge < -0.3 is 15.3 Å². The minimum atomic E-state index is -0.989. The van der Waals surface area contributed by atoms with Crippen LogP contribution in [-0.2, 0) is 9.53 Å². The third-order valence-corrected chi connectivity index (χ3v) is 0.683. The standard InChI is InChI=1S/C5H9NO3/c1-9-3-4(6)2-5(7)8/h6H,2-3H2,1H3,(H,7,8). The van der Waals surface area contributed by atoms with Crippen molar-refractivity contribution in [2.75, 3.05) is 13.7 Å². The number of rotatable bonds is 4. The van der Waals surface area contributed by atoms with E-state index >= 15 is 0 Å². The Morgan fingerprint density at radius 2 is 2.33 bits per heavy atom. The number of carbonyl (C=O) groups is 1. The smallest absolute Gasteiger partial charge is 0.309 e. The molecule has 0 aromatic rings. The normalized spacial score (nSPS) is 9.00. The van der Waals surface area contributed by atoms with Gasteiger partial charge in [-0.1, -0.05) is 0 Å². The molecule has 0 spiro atoms. The lowest BCUT2D eigenvalue weighted by Gasteiger charge is -1.95. The predicted molar refractivity (Wildman–Crippen MR) is 31.9 cm³/mol. The maximum atomic E-state index is 9.89. The zero-order valence-electron chi connectivity index (χ0n) is 5.18. The second-order valence-corrected chi connectivity index (χ2v) is 1.61. The molecular formula is C5H9NO3. The zero-order valence-corrected chi connectivity index (χ0v) is 5.18. The second kappa shape index (κ2) is 4.03. The van der Waals surface area contributed by atoms with Crippen LogP contribution in [0.2, 0.25) is 0 Å². The van der Waals surface area contributed by atoms with E-state index in [1.54, 1.807) is 0 Å². The Bertz CT molecular complexity index is 121. The lowest BCUT2D eigenvalue weighted by molar-refractivity contribution is -0.135. The molecule has 0 radical (unpaired) electrons. The van der Waals surface area contributed by atoms with Gasteiger partial charge in [0.25, 0.3) is 0 Å². The van der Waals surface area contributed by atoms with E-state index in [0.29, 0.717) is 0 Å². The molecule has 4 nitrogen and oxygen atoms in total. The highest BCUT2D eigenvalue weighted by molar-refractivity contribution is 5.97. The molecule has 9 heavy (non-hydrogen) atoms. The van der Waals surface area contributed by atoms with Crippen LogP contribution in [0.15, 0.2) is 0 Å². The van der Waals surface area contributed by atoms with Crippen LogP contribution in [0.4, 0.5) is 0 Å². The van der Waals surface area contributed by atoms with Gasteiger partial charge in [0.1, 0.15) is 0 Å². The summed E-state index contributed by atoms with van der Waals surface area (Å²) in [6.07, 6.45) is -0.228. The molecule has 4 heteroatoms. The van der Waals surface area contributed by atoms with Crippen LogP contribution in [0.25, 0.3) is 0 Å². The number of aliphatic carboxylic acids is 1. The van der Waals surface area contributed by atoms with Crippen molar-refractivity contribution in [3.05, 3.63) is 0 Å². The van der Waals surface area contributed by atoms with Gasteiger partial charge in [0, 0.05) is 12.8 Å². The van der Waals surface area contributed by atoms with Crippen LogP contribution in [0.5, 0.6) is 0 Å². The van der Waals surface area contributed by atoms with Gasteiger partial charge in [-0.25, -0.2) is 0 Å². The van der Waals surface area contributed by atoms with Crippen molar-refractivity contribution >= 4 is 11.7 Å². The van der Waals surface area contributed by atoms with Crippen molar-refractivity contribution in [3.63, 3.8) is 0 Å². The van der Waals surface area contributed by atoms with Crippen LogP contribution in [0.1, 0.15) is 6.42 Å². The fourth-order valence-electron chi connectivity index (χ4n) is 0.408. The van der Waals surface area contributed by atoms with Gasteiger partial charge in [-0.15, -0.1) is 0 Å². The molecule has 52 valence electrons. The van der Waals surface area contributed by atoms with Crippen molar-refractivity contribution in [1.82, 2.24) is 0 Å². The molecule has 0 aliphatic rings. The molecule has 0 fully saturated rings. The highest BCUT2D eigenvalue weighted by atomic mass is 16.5. The van der Waals surface area contributed by atoms with Gasteiger partial charge in [0.05, 0.1) is 13.0 Å². The summed E-state index contributed by atoms with van der Waals surface area (Å²) in [5.41, 5.74) is 0.0880. The van der Waals surface area contributed by atoms with Gasteiger partial charge >= 0.3 is 5.97 Å². The van der Waals surface area contributed by atoms with E-state index in [-0.39, 0.29) is 18.7 Å². The molecule has 0 saturated heterocycles. The van der Waals surface area contributed by atoms with E-state index in [1.165, 1.54) is 7.11 Å². The van der Waals surface area contributed by atoms with E-state index in [2.05, 4.69) is 4.74 Å². The van der Waals surface area contributed by atoms with E-state index < -0.39 is 5.97 Å². The highest BCUT2D eigenvalue weighted by Crippen LogP contribution is 1.83. The molecule has 0 heterocycles. The van der Waals surface area contributed by atoms with Crippen molar-refractivity contribution in [1.29, 1.82) is 5.41 Å². The number of nitrogens with one attached hydrogen (secondary N) is 1. The Hall–Kier alpha value is -0.900. The zero-order chi connectivity index (χ0) is 7.28. The van der Waals surface area contributed by atoms with E-state index in [4.69, 9.17) is 10.5 Å². The van der Waals surface area contributed by atoms with E-state index in [9.17, 15) is 4.79 Å². The van der Waals surface area contributed by atoms with Crippen molar-refractivity contribution in [2.45, 2.75) is 6.42 Å². The van der Waals surface area contributed by atoms with Gasteiger partial charge in [0.15, 0.2) is 0 Å². The molecule has 0 aliphatic heterocycles. The lowest BCUT2D eigenvalue weighted by atomic mass is 10.3. The second-order valence-electron chi connectivity index (χ2n) is 1.61. The SMILES string of the molecule is COCC(=N)CC(=O)O. The lowest BCUT2D eigenvalue weighted by Crippen LogP contribution is -2.10. The molecular weight excluding hydrogens is 122 g/mol. The highest BCUT2D eigenvalue weighted by Gasteiger charge is 2.01. The first-order valence-electron chi connectivity index (χ1n) is 2.44. The maximum absolute atomic E-state index is 9.89. The minimum Gasteiger partial charge on any atom is -0.481 e. The number of carboxylic acids is 1. The van der Waals surface area contributed by atoms with E-state index in [0.717, 1.165) is 0 Å². The fourth-order valence-corrected chi connectivity index (χ4v) is 0.408. The molecule has 0 bridgehead atoms. The first-order chi connectivity index (χ1) is 4.16. The summed E-state index contributed by atoms with van der Waals surface area (Å²) in [4.78, 5) is 9.89. The molecule has 0 aromatic carbocycles. The average molecular weight is 131 g/mol. The van der Waals surface area contributed by atoms with Crippen LogP contribution in [0, 0.1) is 5.41 Å². The Balaban J connectivity index is 3.39. The average Bonchev–Trinajstić information content (AvgIpc) is 1.63. The van der Waals surface area contributed by atoms with Crippen molar-refractivity contribution in [2.24, 2.45) is 0 Å². The fraction of sp³-hybridized carbons (Fsp3) is 0.600. The van der Waals surface area contributed by atoms with Gasteiger partial charge in [-0.3, -0.25) is 4.79 Å². The Kier molecular flexibility index (Phi) is 3.62. The molecule has 0 aromatic heterocycles. The summed E-state index contributed by atoms with van der Waals surface area (Å²) in [7, 11) is 1.43. The molecule has 0 aliphatic carbocycles. The Morgan fingerprint density at radius 3 is 2.67 bits per heavy atom. The van der Waals surface area contributed by atoms with Crippen molar-refractivity contribution in [3.8, 4) is 0 Å². The van der Waals surface area contributed by atoms with Crippen LogP contribution >= 0.6 is 0 Å². The summed E-state index contributed by atoms with van der Waals surface area (Å²) in [6.45, 7) is 0.103. The molecule has 0 rings (SSSR count). The number of carboxylic acid groups (broad SMARTS) is 1. The molecule has 2 N–H and O–H groups in total. The maximum Gasteiger partial charge on any atom is 0.309 e. The molecule has 0 unspecified atom stereocenters. The quantitative estimate of drug-likeness (QED) is 0.532. The predicted octanol–water partition coefficient (Wildman–Crippen LogP) is 0.127. The topological polar surface area (TPSA) is 70.4 Å². The number of hydrogen-bond donors (Lipinski definition) is 2. The monoisotopic (exact) mass is 131 g/mol. The van der Waals surface area contributed by atoms with Crippen LogP contribution in [0.3, 0.4) is 0 Å². The van der Waals surface area contributed by atoms with Gasteiger partial charge in [-0.2, -0.15) is 0 Å². The van der Waals surface area contributed by atoms with Crippen LogP contribution < -0.4 is 0 Å². The summed E-state index contributed by atoms with van der Waals surface area (Å²) < 4.78 is 4.52. The number of hydrogen-bond acceptors (Lipinski definition) is 3. The molecule has 0 atom stereocenters. The van der Waals surface area contributed by atoms with E-state index in [1.807, 2.05) is 0 Å². The van der Waals surface area contributed by atoms with Gasteiger partial charge in [-0.05, 0) is 0 Å². The first kappa shape index (κ1) is 8.10. The summed E-state index contributed by atoms with van der Waals surface area (Å²) in [6, 6.07) is 0. The summed E-state index contributed by atoms with van der Waals surface area (Å²) in [5.74, 6) is -0.989. The minimum absolute atomic E-state index is 0.0880. The molecule has 0 saturated carbocycles. The van der Waals surface area contributed by atoms with Crippen LogP contribution in [-0.4, -0.2) is 30.5 Å². The third-order valence-electron chi connectivity index (χ3n) is 0.683. The Morgan fingerprint density at radius 1 is 1.78 bits per heavy atom. The molecule has 0 amide bonds. The van der Waals surface area contributed by atoms with Crippen molar-refractivity contribution < 1.29 is 14.6 Å². The number of methoxy groups -OCH3 is 1. The largest absolute Gasteiger partial charge is 0.481 e.